The highest BCUT2D eigenvalue weighted by Gasteiger charge is 2.24. The summed E-state index contributed by atoms with van der Waals surface area (Å²) in [5, 5.41) is 1.04. The fraction of sp³-hybridized carbons (Fsp3) is 0.583. The van der Waals surface area contributed by atoms with Crippen LogP contribution in [-0.2, 0) is 0 Å². The van der Waals surface area contributed by atoms with Gasteiger partial charge in [-0.15, -0.1) is 0 Å². The molecule has 0 radical (unpaired) electrons. The summed E-state index contributed by atoms with van der Waals surface area (Å²) in [6.45, 7) is 3.55. The van der Waals surface area contributed by atoms with Crippen LogP contribution in [0.5, 0.6) is 0 Å². The van der Waals surface area contributed by atoms with Crippen LogP contribution < -0.4 is 0 Å². The van der Waals surface area contributed by atoms with Gasteiger partial charge in [0, 0.05) is 18.4 Å². The lowest BCUT2D eigenvalue weighted by atomic mass is 9.98. The molecule has 0 aliphatic carbocycles. The van der Waals surface area contributed by atoms with Crippen molar-refractivity contribution in [3.63, 3.8) is 0 Å². The number of hydrogen-bond donors (Lipinski definition) is 0. The second-order valence-electron chi connectivity index (χ2n) is 4.28. The standard InChI is InChI=1S/C12H16BrNO2/c1-9-11(4-7-16-9)12(15)14-5-2-10(8-13)3-6-14/h4,7,10H,2-3,5-6,8H2,1H3. The third-order valence-corrected chi connectivity index (χ3v) is 4.12. The Morgan fingerprint density at radius 3 is 2.75 bits per heavy atom. The molecule has 16 heavy (non-hydrogen) atoms. The second kappa shape index (κ2) is 5.04. The zero-order valence-electron chi connectivity index (χ0n) is 9.41. The molecule has 0 unspecified atom stereocenters. The van der Waals surface area contributed by atoms with E-state index in [1.807, 2.05) is 11.8 Å². The number of carbonyl (C=O) groups excluding carboxylic acids is 1. The van der Waals surface area contributed by atoms with Crippen LogP contribution in [-0.4, -0.2) is 29.2 Å². The molecule has 2 rings (SSSR count). The Morgan fingerprint density at radius 2 is 2.25 bits per heavy atom. The van der Waals surface area contributed by atoms with Crippen LogP contribution in [0.3, 0.4) is 0 Å². The molecule has 2 heterocycles. The van der Waals surface area contributed by atoms with Crippen LogP contribution in [0.15, 0.2) is 16.7 Å². The van der Waals surface area contributed by atoms with Gasteiger partial charge in [-0.3, -0.25) is 4.79 Å². The Balaban J connectivity index is 2.00. The van der Waals surface area contributed by atoms with E-state index in [-0.39, 0.29) is 5.91 Å². The van der Waals surface area contributed by atoms with Gasteiger partial charge in [-0.2, -0.15) is 0 Å². The molecule has 1 aliphatic rings. The first kappa shape index (κ1) is 11.7. The Hall–Kier alpha value is -0.770. The van der Waals surface area contributed by atoms with Crippen molar-refractivity contribution >= 4 is 21.8 Å². The number of alkyl halides is 1. The minimum Gasteiger partial charge on any atom is -0.469 e. The zero-order chi connectivity index (χ0) is 11.5. The van der Waals surface area contributed by atoms with Gasteiger partial charge in [-0.05, 0) is 31.7 Å². The van der Waals surface area contributed by atoms with Gasteiger partial charge in [0.1, 0.15) is 5.76 Å². The fourth-order valence-corrected chi connectivity index (χ4v) is 2.72. The highest BCUT2D eigenvalue weighted by Crippen LogP contribution is 2.21. The van der Waals surface area contributed by atoms with E-state index in [9.17, 15) is 4.79 Å². The normalized spacial score (nSPS) is 17.8. The van der Waals surface area contributed by atoms with E-state index in [1.54, 1.807) is 12.3 Å². The van der Waals surface area contributed by atoms with E-state index in [4.69, 9.17) is 4.42 Å². The minimum atomic E-state index is 0.110. The monoisotopic (exact) mass is 285 g/mol. The molecule has 0 N–H and O–H groups in total. The smallest absolute Gasteiger partial charge is 0.257 e. The summed E-state index contributed by atoms with van der Waals surface area (Å²) in [6.07, 6.45) is 3.76. The van der Waals surface area contributed by atoms with Gasteiger partial charge in [0.15, 0.2) is 0 Å². The first-order valence-corrected chi connectivity index (χ1v) is 6.74. The van der Waals surface area contributed by atoms with Crippen molar-refractivity contribution in [2.75, 3.05) is 18.4 Å². The molecule has 0 aromatic carbocycles. The Kier molecular flexibility index (Phi) is 3.69. The van der Waals surface area contributed by atoms with Gasteiger partial charge in [-0.25, -0.2) is 0 Å². The molecule has 88 valence electrons. The number of aryl methyl sites for hydroxylation is 1. The predicted molar refractivity (Wildman–Crippen MR) is 65.9 cm³/mol. The van der Waals surface area contributed by atoms with Gasteiger partial charge in [0.25, 0.3) is 5.91 Å². The fourth-order valence-electron chi connectivity index (χ4n) is 2.07. The summed E-state index contributed by atoms with van der Waals surface area (Å²) >= 11 is 3.50. The third kappa shape index (κ3) is 2.32. The average molecular weight is 286 g/mol. The molecule has 1 amide bonds. The summed E-state index contributed by atoms with van der Waals surface area (Å²) in [5.41, 5.74) is 0.706. The van der Waals surface area contributed by atoms with Crippen LogP contribution in [0.2, 0.25) is 0 Å². The first-order valence-electron chi connectivity index (χ1n) is 5.61. The highest BCUT2D eigenvalue weighted by atomic mass is 79.9. The number of rotatable bonds is 2. The first-order chi connectivity index (χ1) is 7.72. The summed E-state index contributed by atoms with van der Waals surface area (Å²) in [7, 11) is 0. The number of likely N-dealkylation sites (tertiary alicyclic amines) is 1. The van der Waals surface area contributed by atoms with Gasteiger partial charge in [0.05, 0.1) is 11.8 Å². The van der Waals surface area contributed by atoms with Gasteiger partial charge in [0.2, 0.25) is 0 Å². The van der Waals surface area contributed by atoms with Crippen LogP contribution in [0, 0.1) is 12.8 Å². The largest absolute Gasteiger partial charge is 0.469 e. The average Bonchev–Trinajstić information content (AvgIpc) is 2.75. The number of amides is 1. The van der Waals surface area contributed by atoms with E-state index in [0.717, 1.165) is 37.2 Å². The van der Waals surface area contributed by atoms with Crippen molar-refractivity contribution in [3.8, 4) is 0 Å². The maximum absolute atomic E-state index is 12.1. The molecule has 0 bridgehead atoms. The molecule has 1 aliphatic heterocycles. The number of carbonyl (C=O) groups is 1. The van der Waals surface area contributed by atoms with E-state index < -0.39 is 0 Å². The number of furan rings is 1. The van der Waals surface area contributed by atoms with E-state index >= 15 is 0 Å². The lowest BCUT2D eigenvalue weighted by Crippen LogP contribution is -2.38. The van der Waals surface area contributed by atoms with Crippen molar-refractivity contribution < 1.29 is 9.21 Å². The van der Waals surface area contributed by atoms with Crippen LogP contribution >= 0.6 is 15.9 Å². The Morgan fingerprint density at radius 1 is 1.56 bits per heavy atom. The van der Waals surface area contributed by atoms with Crippen molar-refractivity contribution in [3.05, 3.63) is 23.7 Å². The van der Waals surface area contributed by atoms with E-state index in [2.05, 4.69) is 15.9 Å². The van der Waals surface area contributed by atoms with Crippen molar-refractivity contribution in [1.82, 2.24) is 4.90 Å². The molecular formula is C12H16BrNO2. The quantitative estimate of drug-likeness (QED) is 0.783. The third-order valence-electron chi connectivity index (χ3n) is 3.21. The summed E-state index contributed by atoms with van der Waals surface area (Å²) in [4.78, 5) is 14.1. The molecule has 1 aromatic rings. The summed E-state index contributed by atoms with van der Waals surface area (Å²) < 4.78 is 5.16. The van der Waals surface area contributed by atoms with Crippen LogP contribution in [0.1, 0.15) is 29.0 Å². The second-order valence-corrected chi connectivity index (χ2v) is 4.93. The SMILES string of the molecule is Cc1occc1C(=O)N1CCC(CBr)CC1. The lowest BCUT2D eigenvalue weighted by Gasteiger charge is -2.31. The predicted octanol–water partition coefficient (Wildman–Crippen LogP) is 2.84. The Labute approximate surface area is 104 Å². The number of nitrogens with zero attached hydrogens (tertiary/aromatic N) is 1. The van der Waals surface area contributed by atoms with Crippen molar-refractivity contribution in [2.45, 2.75) is 19.8 Å². The highest BCUT2D eigenvalue weighted by molar-refractivity contribution is 9.09. The van der Waals surface area contributed by atoms with Gasteiger partial charge >= 0.3 is 0 Å². The lowest BCUT2D eigenvalue weighted by molar-refractivity contribution is 0.0697. The van der Waals surface area contributed by atoms with E-state index in [0.29, 0.717) is 11.3 Å². The maximum atomic E-state index is 12.1. The van der Waals surface area contributed by atoms with E-state index in [1.165, 1.54) is 0 Å². The van der Waals surface area contributed by atoms with Crippen molar-refractivity contribution in [2.24, 2.45) is 5.92 Å². The number of piperidine rings is 1. The molecule has 1 saturated heterocycles. The molecule has 1 aromatic heterocycles. The topological polar surface area (TPSA) is 33.5 Å². The molecule has 0 spiro atoms. The molecular weight excluding hydrogens is 270 g/mol. The molecule has 0 atom stereocenters. The van der Waals surface area contributed by atoms with Gasteiger partial charge in [-0.1, -0.05) is 15.9 Å². The molecule has 1 fully saturated rings. The van der Waals surface area contributed by atoms with Gasteiger partial charge < -0.3 is 9.32 Å². The molecule has 4 heteroatoms. The summed E-state index contributed by atoms with van der Waals surface area (Å²) in [6, 6.07) is 1.76. The van der Waals surface area contributed by atoms with Crippen LogP contribution in [0.25, 0.3) is 0 Å². The molecule has 0 saturated carbocycles. The minimum absolute atomic E-state index is 0.110. The zero-order valence-corrected chi connectivity index (χ0v) is 11.0. The number of halogens is 1. The number of hydrogen-bond acceptors (Lipinski definition) is 2. The van der Waals surface area contributed by atoms with Crippen molar-refractivity contribution in [1.29, 1.82) is 0 Å². The Bertz CT molecular complexity index is 367. The summed E-state index contributed by atoms with van der Waals surface area (Å²) in [5.74, 6) is 1.54. The molecule has 3 nitrogen and oxygen atoms in total. The van der Waals surface area contributed by atoms with Crippen LogP contribution in [0.4, 0.5) is 0 Å². The maximum Gasteiger partial charge on any atom is 0.257 e.